The molecule has 2 heteroatoms. The molecular formula is C9H19NO. The van der Waals surface area contributed by atoms with Gasteiger partial charge in [0, 0.05) is 18.5 Å². The Morgan fingerprint density at radius 2 is 1.91 bits per heavy atom. The van der Waals surface area contributed by atoms with E-state index in [1.807, 2.05) is 4.90 Å². The van der Waals surface area contributed by atoms with Crippen molar-refractivity contribution in [1.29, 1.82) is 0 Å². The maximum Gasteiger partial charge on any atom is 0.223 e. The lowest BCUT2D eigenvalue weighted by atomic mass is 10.1. The number of carbonyl (C=O) groups is 1. The van der Waals surface area contributed by atoms with Gasteiger partial charge in [0.2, 0.25) is 5.91 Å². The van der Waals surface area contributed by atoms with E-state index >= 15 is 0 Å². The third-order valence-corrected chi connectivity index (χ3v) is 1.88. The summed E-state index contributed by atoms with van der Waals surface area (Å²) in [6.45, 7) is 7.19. The molecule has 1 heterocycles. The summed E-state index contributed by atoms with van der Waals surface area (Å²) in [5, 5.41) is 0. The highest BCUT2D eigenvalue weighted by atomic mass is 16.2. The molecule has 2 nitrogen and oxygen atoms in total. The molecule has 1 aliphatic rings. The first-order chi connectivity index (χ1) is 4.52. The van der Waals surface area contributed by atoms with E-state index in [0.29, 0.717) is 5.91 Å². The van der Waals surface area contributed by atoms with Gasteiger partial charge < -0.3 is 4.90 Å². The molecule has 0 radical (unpaired) electrons. The molecule has 0 aromatic heterocycles. The number of hydrogen-bond acceptors (Lipinski definition) is 1. The molecular weight excluding hydrogens is 138 g/mol. The van der Waals surface area contributed by atoms with Crippen molar-refractivity contribution in [2.24, 2.45) is 0 Å². The fourth-order valence-electron chi connectivity index (χ4n) is 1.36. The van der Waals surface area contributed by atoms with Crippen molar-refractivity contribution in [3.63, 3.8) is 0 Å². The van der Waals surface area contributed by atoms with E-state index in [9.17, 15) is 4.79 Å². The Bertz CT molecular complexity index is 146. The van der Waals surface area contributed by atoms with Crippen LogP contribution in [0.5, 0.6) is 0 Å². The molecule has 1 amide bonds. The SMILES string of the molecule is C.CC(C)(C)N1CCCC1=O. The van der Waals surface area contributed by atoms with Gasteiger partial charge in [-0.3, -0.25) is 4.79 Å². The van der Waals surface area contributed by atoms with Crippen molar-refractivity contribution in [2.45, 2.75) is 46.6 Å². The van der Waals surface area contributed by atoms with Crippen LogP contribution in [0.1, 0.15) is 41.0 Å². The zero-order chi connectivity index (χ0) is 7.78. The molecule has 1 fully saturated rings. The fourth-order valence-corrected chi connectivity index (χ4v) is 1.36. The van der Waals surface area contributed by atoms with Crippen LogP contribution in [0.2, 0.25) is 0 Å². The van der Waals surface area contributed by atoms with Gasteiger partial charge >= 0.3 is 0 Å². The third kappa shape index (κ3) is 2.21. The van der Waals surface area contributed by atoms with E-state index in [1.165, 1.54) is 0 Å². The largest absolute Gasteiger partial charge is 0.338 e. The summed E-state index contributed by atoms with van der Waals surface area (Å²) in [5.74, 6) is 0.313. The lowest BCUT2D eigenvalue weighted by Crippen LogP contribution is -2.41. The molecule has 0 unspecified atom stereocenters. The van der Waals surface area contributed by atoms with Gasteiger partial charge in [0.15, 0.2) is 0 Å². The highest BCUT2D eigenvalue weighted by molar-refractivity contribution is 5.78. The molecule has 0 atom stereocenters. The van der Waals surface area contributed by atoms with Gasteiger partial charge in [0.1, 0.15) is 0 Å². The van der Waals surface area contributed by atoms with Crippen LogP contribution >= 0.6 is 0 Å². The number of carbonyl (C=O) groups excluding carboxylic acids is 1. The van der Waals surface area contributed by atoms with E-state index in [-0.39, 0.29) is 13.0 Å². The smallest absolute Gasteiger partial charge is 0.223 e. The molecule has 0 aliphatic carbocycles. The zero-order valence-corrected chi connectivity index (χ0v) is 6.98. The summed E-state index contributed by atoms with van der Waals surface area (Å²) in [5.41, 5.74) is 0.0353. The van der Waals surface area contributed by atoms with Crippen LogP contribution in [0.25, 0.3) is 0 Å². The molecule has 66 valence electrons. The Hall–Kier alpha value is -0.530. The Kier molecular flexibility index (Phi) is 3.09. The summed E-state index contributed by atoms with van der Waals surface area (Å²) in [6, 6.07) is 0. The van der Waals surface area contributed by atoms with Gasteiger partial charge in [-0.05, 0) is 27.2 Å². The minimum absolute atomic E-state index is 0. The summed E-state index contributed by atoms with van der Waals surface area (Å²) in [7, 11) is 0. The summed E-state index contributed by atoms with van der Waals surface area (Å²) in [6.07, 6.45) is 1.79. The standard InChI is InChI=1S/C8H15NO.CH4/c1-8(2,3)9-6-4-5-7(9)10;/h4-6H2,1-3H3;1H4. The monoisotopic (exact) mass is 157 g/mol. The second-order valence-electron chi connectivity index (χ2n) is 3.82. The molecule has 1 saturated heterocycles. The predicted molar refractivity (Wildman–Crippen MR) is 47.4 cm³/mol. The predicted octanol–water partition coefficient (Wildman–Crippen LogP) is 2.04. The second kappa shape index (κ2) is 3.24. The van der Waals surface area contributed by atoms with E-state index in [1.54, 1.807) is 0 Å². The first kappa shape index (κ1) is 10.5. The van der Waals surface area contributed by atoms with E-state index in [0.717, 1.165) is 19.4 Å². The van der Waals surface area contributed by atoms with Crippen LogP contribution in [0.15, 0.2) is 0 Å². The van der Waals surface area contributed by atoms with Gasteiger partial charge in [-0.25, -0.2) is 0 Å². The topological polar surface area (TPSA) is 20.3 Å². The Morgan fingerprint density at radius 3 is 2.09 bits per heavy atom. The molecule has 0 aromatic rings. The minimum atomic E-state index is 0. The number of nitrogens with zero attached hydrogens (tertiary/aromatic N) is 1. The molecule has 0 spiro atoms. The van der Waals surface area contributed by atoms with Crippen molar-refractivity contribution in [3.8, 4) is 0 Å². The Morgan fingerprint density at radius 1 is 1.36 bits per heavy atom. The molecule has 0 saturated carbocycles. The molecule has 11 heavy (non-hydrogen) atoms. The molecule has 0 bridgehead atoms. The minimum Gasteiger partial charge on any atom is -0.338 e. The van der Waals surface area contributed by atoms with Crippen LogP contribution in [-0.4, -0.2) is 22.9 Å². The average Bonchev–Trinajstić information content (AvgIpc) is 2.11. The highest BCUT2D eigenvalue weighted by Crippen LogP contribution is 2.20. The van der Waals surface area contributed by atoms with Crippen molar-refractivity contribution in [3.05, 3.63) is 0 Å². The van der Waals surface area contributed by atoms with Crippen LogP contribution in [-0.2, 0) is 4.79 Å². The average molecular weight is 157 g/mol. The second-order valence-corrected chi connectivity index (χ2v) is 3.82. The fraction of sp³-hybridized carbons (Fsp3) is 0.889. The maximum atomic E-state index is 11.1. The van der Waals surface area contributed by atoms with E-state index in [2.05, 4.69) is 20.8 Å². The lowest BCUT2D eigenvalue weighted by molar-refractivity contribution is -0.131. The lowest BCUT2D eigenvalue weighted by Gasteiger charge is -2.31. The molecule has 1 rings (SSSR count). The van der Waals surface area contributed by atoms with Crippen molar-refractivity contribution in [2.75, 3.05) is 6.54 Å². The Balaban J connectivity index is 0.000001000. The number of amides is 1. The molecule has 1 aliphatic heterocycles. The summed E-state index contributed by atoms with van der Waals surface area (Å²) < 4.78 is 0. The normalized spacial score (nSPS) is 18.5. The first-order valence-electron chi connectivity index (χ1n) is 3.82. The molecule has 0 N–H and O–H groups in total. The van der Waals surface area contributed by atoms with E-state index < -0.39 is 0 Å². The van der Waals surface area contributed by atoms with Gasteiger partial charge in [-0.2, -0.15) is 0 Å². The number of likely N-dealkylation sites (tertiary alicyclic amines) is 1. The van der Waals surface area contributed by atoms with Crippen molar-refractivity contribution in [1.82, 2.24) is 4.90 Å². The summed E-state index contributed by atoms with van der Waals surface area (Å²) >= 11 is 0. The molecule has 0 aromatic carbocycles. The van der Waals surface area contributed by atoms with Gasteiger partial charge in [0.25, 0.3) is 0 Å². The number of rotatable bonds is 0. The van der Waals surface area contributed by atoms with Crippen LogP contribution in [0.3, 0.4) is 0 Å². The van der Waals surface area contributed by atoms with E-state index in [4.69, 9.17) is 0 Å². The van der Waals surface area contributed by atoms with Crippen molar-refractivity contribution < 1.29 is 4.79 Å². The van der Waals surface area contributed by atoms with Crippen molar-refractivity contribution >= 4 is 5.91 Å². The zero-order valence-electron chi connectivity index (χ0n) is 6.98. The van der Waals surface area contributed by atoms with Crippen LogP contribution in [0.4, 0.5) is 0 Å². The van der Waals surface area contributed by atoms with Crippen LogP contribution in [0, 0.1) is 0 Å². The quantitative estimate of drug-likeness (QED) is 0.527. The van der Waals surface area contributed by atoms with Gasteiger partial charge in [-0.1, -0.05) is 7.43 Å². The van der Waals surface area contributed by atoms with Crippen LogP contribution < -0.4 is 0 Å². The highest BCUT2D eigenvalue weighted by Gasteiger charge is 2.29. The van der Waals surface area contributed by atoms with Gasteiger partial charge in [-0.15, -0.1) is 0 Å². The van der Waals surface area contributed by atoms with Gasteiger partial charge in [0.05, 0.1) is 0 Å². The first-order valence-corrected chi connectivity index (χ1v) is 3.82. The summed E-state index contributed by atoms with van der Waals surface area (Å²) in [4.78, 5) is 13.1. The number of hydrogen-bond donors (Lipinski definition) is 0. The Labute approximate surface area is 69.6 Å². The third-order valence-electron chi connectivity index (χ3n) is 1.88. The maximum absolute atomic E-state index is 11.1.